The summed E-state index contributed by atoms with van der Waals surface area (Å²) in [6, 6.07) is 4.90. The summed E-state index contributed by atoms with van der Waals surface area (Å²) < 4.78 is 0. The number of anilines is 2. The van der Waals surface area contributed by atoms with E-state index in [0.29, 0.717) is 18.0 Å². The monoisotopic (exact) mass is 481 g/mol. The quantitative estimate of drug-likeness (QED) is 0.469. The van der Waals surface area contributed by atoms with Crippen LogP contribution in [0.4, 0.5) is 11.8 Å². The fourth-order valence-corrected chi connectivity index (χ4v) is 4.91. The molecule has 1 atom stereocenters. The molecule has 0 bridgehead atoms. The van der Waals surface area contributed by atoms with Gasteiger partial charge in [0.1, 0.15) is 5.82 Å². The fraction of sp³-hybridized carbons (Fsp3) is 0.667. The van der Waals surface area contributed by atoms with Crippen LogP contribution in [0.25, 0.3) is 11.3 Å². The molecular formula is C27H43N7O. The number of aliphatic hydroxyl groups excluding tert-OH is 1. The Hall–Kier alpha value is -2.29. The van der Waals surface area contributed by atoms with E-state index >= 15 is 0 Å². The van der Waals surface area contributed by atoms with Crippen molar-refractivity contribution in [3.05, 3.63) is 30.1 Å². The van der Waals surface area contributed by atoms with Crippen molar-refractivity contribution in [2.24, 2.45) is 0 Å². The van der Waals surface area contributed by atoms with Gasteiger partial charge >= 0.3 is 0 Å². The highest BCUT2D eigenvalue weighted by atomic mass is 16.3. The number of nitrogens with zero attached hydrogens (tertiary/aromatic N) is 5. The van der Waals surface area contributed by atoms with Crippen molar-refractivity contribution < 1.29 is 5.11 Å². The molecule has 0 amide bonds. The summed E-state index contributed by atoms with van der Waals surface area (Å²) in [6.07, 6.45) is 10.7. The predicted molar refractivity (Wildman–Crippen MR) is 143 cm³/mol. The summed E-state index contributed by atoms with van der Waals surface area (Å²) in [4.78, 5) is 19.2. The van der Waals surface area contributed by atoms with Crippen molar-refractivity contribution in [3.8, 4) is 11.3 Å². The molecule has 192 valence electrons. The van der Waals surface area contributed by atoms with Crippen LogP contribution < -0.4 is 10.6 Å². The van der Waals surface area contributed by atoms with Crippen molar-refractivity contribution in [3.63, 3.8) is 0 Å². The van der Waals surface area contributed by atoms with Gasteiger partial charge in [0.25, 0.3) is 0 Å². The number of hydrogen-bond acceptors (Lipinski definition) is 8. The maximum absolute atomic E-state index is 9.92. The first-order chi connectivity index (χ1) is 17.0. The van der Waals surface area contributed by atoms with Gasteiger partial charge in [-0.1, -0.05) is 25.8 Å². The molecule has 2 aromatic rings. The van der Waals surface area contributed by atoms with Gasteiger partial charge in [-0.05, 0) is 57.7 Å². The standard InChI is InChI=1S/C27H43N7O/c1-4-5-6-20(2)30-27-29-18-24(26(32-27)31-22-8-10-23(35)11-9-22)25-12-7-21(17-28-25)19-34-15-13-33(3)14-16-34/h7,12,17-18,20,22-23,35H,4-6,8-11,13-16,19H2,1-3H3,(H2,29,30,31,32)/t20-,22?,23?/m0/s1. The fourth-order valence-electron chi connectivity index (χ4n) is 4.91. The molecular weight excluding hydrogens is 438 g/mol. The second-order valence-corrected chi connectivity index (χ2v) is 10.4. The average molecular weight is 482 g/mol. The maximum Gasteiger partial charge on any atom is 0.224 e. The highest BCUT2D eigenvalue weighted by molar-refractivity contribution is 5.73. The minimum absolute atomic E-state index is 0.177. The minimum Gasteiger partial charge on any atom is -0.393 e. The highest BCUT2D eigenvalue weighted by Gasteiger charge is 2.22. The Labute approximate surface area is 210 Å². The smallest absolute Gasteiger partial charge is 0.224 e. The Morgan fingerprint density at radius 1 is 1.06 bits per heavy atom. The second-order valence-electron chi connectivity index (χ2n) is 10.4. The van der Waals surface area contributed by atoms with Crippen molar-refractivity contribution >= 4 is 11.8 Å². The van der Waals surface area contributed by atoms with E-state index in [4.69, 9.17) is 9.97 Å². The third-order valence-electron chi connectivity index (χ3n) is 7.30. The van der Waals surface area contributed by atoms with Crippen LogP contribution in [0.3, 0.4) is 0 Å². The van der Waals surface area contributed by atoms with Gasteiger partial charge in [0.05, 0.1) is 17.4 Å². The molecule has 3 N–H and O–H groups in total. The SMILES string of the molecule is CCCC[C@H](C)Nc1ncc(-c2ccc(CN3CCN(C)CC3)cn2)c(NC2CCC(O)CC2)n1. The summed E-state index contributed by atoms with van der Waals surface area (Å²) >= 11 is 0. The molecule has 0 radical (unpaired) electrons. The highest BCUT2D eigenvalue weighted by Crippen LogP contribution is 2.29. The number of unbranched alkanes of at least 4 members (excludes halogenated alkanes) is 1. The summed E-state index contributed by atoms with van der Waals surface area (Å²) in [5.74, 6) is 1.48. The predicted octanol–water partition coefficient (Wildman–Crippen LogP) is 3.99. The Morgan fingerprint density at radius 2 is 1.83 bits per heavy atom. The molecule has 1 saturated heterocycles. The van der Waals surface area contributed by atoms with Crippen molar-refractivity contribution in [2.75, 3.05) is 43.9 Å². The van der Waals surface area contributed by atoms with Gasteiger partial charge in [0, 0.05) is 57.2 Å². The number of aliphatic hydroxyl groups is 1. The summed E-state index contributed by atoms with van der Waals surface area (Å²) in [5.41, 5.74) is 3.04. The molecule has 35 heavy (non-hydrogen) atoms. The minimum atomic E-state index is -0.177. The lowest BCUT2D eigenvalue weighted by Crippen LogP contribution is -2.43. The summed E-state index contributed by atoms with van der Waals surface area (Å²) in [5, 5.41) is 17.0. The number of nitrogens with one attached hydrogen (secondary N) is 2. The Kier molecular flexibility index (Phi) is 9.29. The van der Waals surface area contributed by atoms with E-state index < -0.39 is 0 Å². The molecule has 0 unspecified atom stereocenters. The van der Waals surface area contributed by atoms with E-state index in [0.717, 1.165) is 81.9 Å². The number of aromatic nitrogens is 3. The number of pyridine rings is 1. The lowest BCUT2D eigenvalue weighted by atomic mass is 9.93. The number of likely N-dealkylation sites (N-methyl/N-ethyl adjacent to an activating group) is 1. The van der Waals surface area contributed by atoms with E-state index in [1.165, 1.54) is 18.4 Å². The lowest BCUT2D eigenvalue weighted by molar-refractivity contribution is 0.126. The van der Waals surface area contributed by atoms with Crippen LogP contribution in [0.2, 0.25) is 0 Å². The van der Waals surface area contributed by atoms with Crippen LogP contribution in [-0.2, 0) is 6.54 Å². The van der Waals surface area contributed by atoms with E-state index in [1.54, 1.807) is 0 Å². The van der Waals surface area contributed by atoms with Crippen LogP contribution >= 0.6 is 0 Å². The molecule has 1 aliphatic carbocycles. The van der Waals surface area contributed by atoms with Gasteiger partial charge in [0.15, 0.2) is 0 Å². The Morgan fingerprint density at radius 3 is 2.51 bits per heavy atom. The van der Waals surface area contributed by atoms with Gasteiger partial charge in [-0.25, -0.2) is 4.98 Å². The van der Waals surface area contributed by atoms with Gasteiger partial charge in [-0.2, -0.15) is 4.98 Å². The molecule has 0 aromatic carbocycles. The van der Waals surface area contributed by atoms with Crippen LogP contribution in [0.15, 0.2) is 24.5 Å². The van der Waals surface area contributed by atoms with Crippen molar-refractivity contribution in [1.82, 2.24) is 24.8 Å². The van der Waals surface area contributed by atoms with Crippen LogP contribution in [-0.4, -0.2) is 81.3 Å². The van der Waals surface area contributed by atoms with E-state index in [9.17, 15) is 5.11 Å². The normalized spacial score (nSPS) is 22.6. The number of piperazine rings is 1. The molecule has 1 aliphatic heterocycles. The molecule has 2 aliphatic rings. The second kappa shape index (κ2) is 12.6. The van der Waals surface area contributed by atoms with Gasteiger partial charge in [-0.3, -0.25) is 9.88 Å². The van der Waals surface area contributed by atoms with Gasteiger partial charge < -0.3 is 20.6 Å². The molecule has 2 fully saturated rings. The Bertz CT molecular complexity index is 906. The summed E-state index contributed by atoms with van der Waals surface area (Å²) in [6.45, 7) is 9.77. The number of hydrogen-bond donors (Lipinski definition) is 3. The zero-order chi connectivity index (χ0) is 24.6. The van der Waals surface area contributed by atoms with E-state index in [1.807, 2.05) is 12.4 Å². The molecule has 2 aromatic heterocycles. The number of rotatable bonds is 10. The van der Waals surface area contributed by atoms with Crippen LogP contribution in [0.5, 0.6) is 0 Å². The molecule has 8 nitrogen and oxygen atoms in total. The summed E-state index contributed by atoms with van der Waals surface area (Å²) in [7, 11) is 2.18. The topological polar surface area (TPSA) is 89.4 Å². The van der Waals surface area contributed by atoms with Crippen molar-refractivity contribution in [2.45, 2.75) is 83.5 Å². The largest absolute Gasteiger partial charge is 0.393 e. The first kappa shape index (κ1) is 25.8. The third kappa shape index (κ3) is 7.59. The zero-order valence-electron chi connectivity index (χ0n) is 21.7. The van der Waals surface area contributed by atoms with Gasteiger partial charge in [-0.15, -0.1) is 0 Å². The maximum atomic E-state index is 9.92. The van der Waals surface area contributed by atoms with Gasteiger partial charge in [0.2, 0.25) is 5.95 Å². The van der Waals surface area contributed by atoms with Crippen LogP contribution in [0.1, 0.15) is 64.4 Å². The molecule has 8 heteroatoms. The third-order valence-corrected chi connectivity index (χ3v) is 7.30. The first-order valence-electron chi connectivity index (χ1n) is 13.4. The first-order valence-corrected chi connectivity index (χ1v) is 13.4. The van der Waals surface area contributed by atoms with E-state index in [2.05, 4.69) is 58.4 Å². The molecule has 0 spiro atoms. The lowest BCUT2D eigenvalue weighted by Gasteiger charge is -2.32. The Balaban J connectivity index is 1.49. The molecule has 3 heterocycles. The van der Waals surface area contributed by atoms with E-state index in [-0.39, 0.29) is 6.10 Å². The van der Waals surface area contributed by atoms with Crippen molar-refractivity contribution in [1.29, 1.82) is 0 Å². The molecule has 4 rings (SSSR count). The molecule has 1 saturated carbocycles. The zero-order valence-corrected chi connectivity index (χ0v) is 21.7. The average Bonchev–Trinajstić information content (AvgIpc) is 2.86. The van der Waals surface area contributed by atoms with Crippen LogP contribution in [0, 0.1) is 0 Å².